The van der Waals surface area contributed by atoms with Crippen molar-refractivity contribution < 1.29 is 24.0 Å². The molecule has 0 fully saturated rings. The van der Waals surface area contributed by atoms with Crippen molar-refractivity contribution in [2.75, 3.05) is 11.4 Å². The van der Waals surface area contributed by atoms with Crippen LogP contribution in [0.2, 0.25) is 5.02 Å². The van der Waals surface area contributed by atoms with Gasteiger partial charge in [-0.2, -0.15) is 0 Å². The summed E-state index contributed by atoms with van der Waals surface area (Å²) in [5.74, 6) is -3.07. The standard InChI is InChI=1S/C22H17ClN4O5/c1-11-17(18(26-22(32)24-11)12-6-8-13(23)9-7-12)20(30)25-16(28)10-27-15-5-3-2-4-14(15)19(29)21(27)31/h2-9,18H,10H2,1H3,(H2,24,26,32)(H,25,28,30). The van der Waals surface area contributed by atoms with Crippen molar-refractivity contribution in [2.45, 2.75) is 13.0 Å². The molecule has 4 rings (SSSR count). The van der Waals surface area contributed by atoms with Crippen molar-refractivity contribution in [3.05, 3.63) is 76.0 Å². The van der Waals surface area contributed by atoms with Crippen LogP contribution in [0.25, 0.3) is 0 Å². The van der Waals surface area contributed by atoms with Gasteiger partial charge >= 0.3 is 6.03 Å². The number of ketones is 1. The second-order valence-corrected chi connectivity index (χ2v) is 7.67. The van der Waals surface area contributed by atoms with Crippen molar-refractivity contribution in [1.82, 2.24) is 16.0 Å². The predicted molar refractivity (Wildman–Crippen MR) is 115 cm³/mol. The summed E-state index contributed by atoms with van der Waals surface area (Å²) in [6.07, 6.45) is 0. The highest BCUT2D eigenvalue weighted by Crippen LogP contribution is 2.29. The zero-order valence-electron chi connectivity index (χ0n) is 16.8. The Kier molecular flexibility index (Phi) is 5.50. The molecule has 2 aliphatic rings. The number of amides is 5. The molecule has 1 atom stereocenters. The number of nitrogens with zero attached hydrogens (tertiary/aromatic N) is 1. The van der Waals surface area contributed by atoms with E-state index in [1.807, 2.05) is 0 Å². The van der Waals surface area contributed by atoms with Crippen LogP contribution in [0.3, 0.4) is 0 Å². The molecule has 32 heavy (non-hydrogen) atoms. The first kappa shape index (κ1) is 21.3. The van der Waals surface area contributed by atoms with Gasteiger partial charge in [-0.05, 0) is 36.8 Å². The second-order valence-electron chi connectivity index (χ2n) is 7.24. The number of hydrogen-bond acceptors (Lipinski definition) is 5. The van der Waals surface area contributed by atoms with E-state index in [0.717, 1.165) is 4.90 Å². The quantitative estimate of drug-likeness (QED) is 0.610. The molecule has 0 saturated carbocycles. The van der Waals surface area contributed by atoms with Crippen molar-refractivity contribution >= 4 is 46.8 Å². The molecule has 0 aliphatic carbocycles. The zero-order valence-corrected chi connectivity index (χ0v) is 17.5. The van der Waals surface area contributed by atoms with Gasteiger partial charge in [0.15, 0.2) is 0 Å². The molecule has 2 heterocycles. The number of carbonyl (C=O) groups is 5. The molecule has 0 spiro atoms. The molecular weight excluding hydrogens is 436 g/mol. The molecule has 0 bridgehead atoms. The number of halogens is 1. The van der Waals surface area contributed by atoms with Gasteiger partial charge in [-0.15, -0.1) is 0 Å². The molecule has 0 saturated heterocycles. The number of allylic oxidation sites excluding steroid dienone is 1. The van der Waals surface area contributed by atoms with Gasteiger partial charge in [0.2, 0.25) is 5.91 Å². The molecule has 3 N–H and O–H groups in total. The fourth-order valence-corrected chi connectivity index (χ4v) is 3.81. The zero-order chi connectivity index (χ0) is 23.0. The lowest BCUT2D eigenvalue weighted by Gasteiger charge is -2.28. The molecular formula is C22H17ClN4O5. The molecule has 162 valence electrons. The molecule has 1 unspecified atom stereocenters. The topological polar surface area (TPSA) is 125 Å². The van der Waals surface area contributed by atoms with Gasteiger partial charge in [-0.3, -0.25) is 29.4 Å². The van der Waals surface area contributed by atoms with Crippen molar-refractivity contribution in [1.29, 1.82) is 0 Å². The van der Waals surface area contributed by atoms with Gasteiger partial charge in [0.1, 0.15) is 6.54 Å². The first-order valence-electron chi connectivity index (χ1n) is 9.59. The third kappa shape index (κ3) is 3.85. The number of hydrogen-bond donors (Lipinski definition) is 3. The number of nitrogens with one attached hydrogen (secondary N) is 3. The Labute approximate surface area is 187 Å². The summed E-state index contributed by atoms with van der Waals surface area (Å²) < 4.78 is 0. The predicted octanol–water partition coefficient (Wildman–Crippen LogP) is 1.84. The lowest BCUT2D eigenvalue weighted by Crippen LogP contribution is -2.49. The van der Waals surface area contributed by atoms with E-state index in [2.05, 4.69) is 16.0 Å². The maximum Gasteiger partial charge on any atom is 0.319 e. The number of para-hydroxylation sites is 1. The Morgan fingerprint density at radius 3 is 2.47 bits per heavy atom. The highest BCUT2D eigenvalue weighted by atomic mass is 35.5. The Balaban J connectivity index is 1.54. The third-order valence-corrected chi connectivity index (χ3v) is 5.40. The Hall–Kier alpha value is -3.98. The minimum Gasteiger partial charge on any atom is -0.327 e. The summed E-state index contributed by atoms with van der Waals surface area (Å²) >= 11 is 5.92. The van der Waals surface area contributed by atoms with Crippen LogP contribution in [0.15, 0.2) is 59.8 Å². The molecule has 0 radical (unpaired) electrons. The van der Waals surface area contributed by atoms with Crippen LogP contribution in [0, 0.1) is 0 Å². The summed E-state index contributed by atoms with van der Waals surface area (Å²) in [5.41, 5.74) is 1.51. The Morgan fingerprint density at radius 1 is 1.06 bits per heavy atom. The SMILES string of the molecule is CC1=C(C(=O)NC(=O)CN2C(=O)C(=O)c3ccccc32)C(c2ccc(Cl)cc2)NC(=O)N1. The summed E-state index contributed by atoms with van der Waals surface area (Å²) in [5, 5.41) is 7.90. The van der Waals surface area contributed by atoms with Crippen LogP contribution in [0.5, 0.6) is 0 Å². The largest absolute Gasteiger partial charge is 0.327 e. The molecule has 0 aromatic heterocycles. The van der Waals surface area contributed by atoms with E-state index in [1.165, 1.54) is 6.07 Å². The number of urea groups is 1. The minimum atomic E-state index is -0.838. The van der Waals surface area contributed by atoms with Gasteiger partial charge in [-0.25, -0.2) is 4.79 Å². The second kappa shape index (κ2) is 8.27. The average Bonchev–Trinajstić information content (AvgIpc) is 2.98. The summed E-state index contributed by atoms with van der Waals surface area (Å²) in [7, 11) is 0. The molecule has 2 aromatic rings. The van der Waals surface area contributed by atoms with E-state index in [0.29, 0.717) is 16.3 Å². The molecule has 10 heteroatoms. The highest BCUT2D eigenvalue weighted by molar-refractivity contribution is 6.52. The van der Waals surface area contributed by atoms with E-state index in [1.54, 1.807) is 49.4 Å². The van der Waals surface area contributed by atoms with E-state index in [4.69, 9.17) is 11.6 Å². The minimum absolute atomic E-state index is 0.129. The van der Waals surface area contributed by atoms with Gasteiger partial charge in [0.05, 0.1) is 22.9 Å². The van der Waals surface area contributed by atoms with Crippen LogP contribution in [0.1, 0.15) is 28.9 Å². The molecule has 2 aromatic carbocycles. The lowest BCUT2D eigenvalue weighted by atomic mass is 9.95. The van der Waals surface area contributed by atoms with Crippen molar-refractivity contribution in [2.24, 2.45) is 0 Å². The van der Waals surface area contributed by atoms with Crippen LogP contribution < -0.4 is 20.9 Å². The van der Waals surface area contributed by atoms with Gasteiger partial charge in [-0.1, -0.05) is 35.9 Å². The maximum atomic E-state index is 13.0. The Bertz CT molecular complexity index is 1210. The van der Waals surface area contributed by atoms with Crippen LogP contribution in [-0.4, -0.2) is 36.1 Å². The summed E-state index contributed by atoms with van der Waals surface area (Å²) in [4.78, 5) is 62.9. The Morgan fingerprint density at radius 2 is 1.75 bits per heavy atom. The summed E-state index contributed by atoms with van der Waals surface area (Å²) in [6, 6.07) is 11.6. The highest BCUT2D eigenvalue weighted by Gasteiger charge is 2.37. The average molecular weight is 453 g/mol. The van der Waals surface area contributed by atoms with Gasteiger partial charge in [0.25, 0.3) is 17.6 Å². The number of imide groups is 1. The number of carbonyl (C=O) groups excluding carboxylic acids is 5. The summed E-state index contributed by atoms with van der Waals surface area (Å²) in [6.45, 7) is 1.03. The normalized spacial score (nSPS) is 17.6. The number of benzene rings is 2. The number of Topliss-reactive ketones (excluding diaryl/α,β-unsaturated/α-hetero) is 1. The van der Waals surface area contributed by atoms with Crippen LogP contribution in [-0.2, 0) is 14.4 Å². The fourth-order valence-electron chi connectivity index (χ4n) is 3.68. The maximum absolute atomic E-state index is 13.0. The van der Waals surface area contributed by atoms with Gasteiger partial charge < -0.3 is 10.6 Å². The molecule has 2 aliphatic heterocycles. The first-order valence-corrected chi connectivity index (χ1v) is 9.97. The smallest absolute Gasteiger partial charge is 0.319 e. The van der Waals surface area contributed by atoms with Gasteiger partial charge in [0, 0.05) is 10.7 Å². The van der Waals surface area contributed by atoms with E-state index < -0.39 is 42.1 Å². The third-order valence-electron chi connectivity index (χ3n) is 5.15. The fraction of sp³-hybridized carbons (Fsp3) is 0.136. The van der Waals surface area contributed by atoms with E-state index >= 15 is 0 Å². The first-order chi connectivity index (χ1) is 15.3. The number of anilines is 1. The molecule has 9 nitrogen and oxygen atoms in total. The van der Waals surface area contributed by atoms with Crippen LogP contribution >= 0.6 is 11.6 Å². The van der Waals surface area contributed by atoms with E-state index in [-0.39, 0.29) is 16.8 Å². The lowest BCUT2D eigenvalue weighted by molar-refractivity contribution is -0.128. The monoisotopic (exact) mass is 452 g/mol. The number of fused-ring (bicyclic) bond motifs is 1. The van der Waals surface area contributed by atoms with Crippen molar-refractivity contribution in [3.8, 4) is 0 Å². The number of rotatable bonds is 4. The van der Waals surface area contributed by atoms with Crippen molar-refractivity contribution in [3.63, 3.8) is 0 Å². The van der Waals surface area contributed by atoms with E-state index in [9.17, 15) is 24.0 Å². The van der Waals surface area contributed by atoms with Crippen LogP contribution in [0.4, 0.5) is 10.5 Å². The molecule has 5 amide bonds.